The summed E-state index contributed by atoms with van der Waals surface area (Å²) in [5.74, 6) is -0.283. The number of nitrogens with one attached hydrogen (secondary N) is 1. The van der Waals surface area contributed by atoms with Crippen molar-refractivity contribution in [3.05, 3.63) is 34.3 Å². The third-order valence-corrected chi connectivity index (χ3v) is 4.50. The molecular weight excluding hydrogens is 332 g/mol. The molecule has 5 heteroatoms. The van der Waals surface area contributed by atoms with E-state index in [9.17, 15) is 4.79 Å². The second-order valence-corrected chi connectivity index (χ2v) is 5.90. The molecule has 0 aliphatic heterocycles. The van der Waals surface area contributed by atoms with E-state index in [0.717, 1.165) is 29.7 Å². The molecule has 1 unspecified atom stereocenters. The first-order valence-electron chi connectivity index (χ1n) is 7.30. The van der Waals surface area contributed by atoms with Crippen LogP contribution in [0.3, 0.4) is 0 Å². The van der Waals surface area contributed by atoms with E-state index in [1.54, 1.807) is 0 Å². The summed E-state index contributed by atoms with van der Waals surface area (Å²) in [6.07, 6.45) is 0. The van der Waals surface area contributed by atoms with Crippen molar-refractivity contribution in [2.24, 2.45) is 0 Å². The Morgan fingerprint density at radius 3 is 2.48 bits per heavy atom. The number of likely N-dealkylation sites (N-methyl/N-ethyl adjacent to an activating group) is 1. The zero-order valence-corrected chi connectivity index (χ0v) is 14.9. The minimum Gasteiger partial charge on any atom is -0.467 e. The van der Waals surface area contributed by atoms with Crippen molar-refractivity contribution < 1.29 is 9.53 Å². The topological polar surface area (TPSA) is 41.6 Å². The van der Waals surface area contributed by atoms with Crippen LogP contribution in [0.15, 0.2) is 28.7 Å². The van der Waals surface area contributed by atoms with E-state index >= 15 is 0 Å². The summed E-state index contributed by atoms with van der Waals surface area (Å²) in [5.41, 5.74) is 0.0264. The fraction of sp³-hybridized carbons (Fsp3) is 0.562. The molecule has 0 aromatic heterocycles. The van der Waals surface area contributed by atoms with Gasteiger partial charge in [0.15, 0.2) is 0 Å². The van der Waals surface area contributed by atoms with E-state index in [4.69, 9.17) is 4.74 Å². The van der Waals surface area contributed by atoms with Gasteiger partial charge >= 0.3 is 5.97 Å². The minimum atomic E-state index is -0.859. The van der Waals surface area contributed by atoms with Gasteiger partial charge in [0.25, 0.3) is 0 Å². The summed E-state index contributed by atoms with van der Waals surface area (Å²) in [4.78, 5) is 14.6. The van der Waals surface area contributed by atoms with Gasteiger partial charge < -0.3 is 9.64 Å². The number of rotatable bonds is 8. The number of ether oxygens (including phenoxy) is 1. The van der Waals surface area contributed by atoms with Gasteiger partial charge in [-0.2, -0.15) is 0 Å². The second-order valence-electron chi connectivity index (χ2n) is 5.05. The maximum absolute atomic E-state index is 12.3. The van der Waals surface area contributed by atoms with Crippen LogP contribution in [0.1, 0.15) is 26.3 Å². The summed E-state index contributed by atoms with van der Waals surface area (Å²) in [7, 11) is 1.42. The molecule has 1 rings (SSSR count). The summed E-state index contributed by atoms with van der Waals surface area (Å²) in [6, 6.07) is 7.72. The number of halogens is 1. The summed E-state index contributed by atoms with van der Waals surface area (Å²) in [6.45, 7) is 9.75. The average molecular weight is 357 g/mol. The van der Waals surface area contributed by atoms with Crippen molar-refractivity contribution >= 4 is 21.9 Å². The normalized spacial score (nSPS) is 14.0. The van der Waals surface area contributed by atoms with E-state index in [2.05, 4.69) is 40.0 Å². The average Bonchev–Trinajstić information content (AvgIpc) is 2.51. The number of carbonyl (C=O) groups is 1. The van der Waals surface area contributed by atoms with Gasteiger partial charge in [0.2, 0.25) is 0 Å². The lowest BCUT2D eigenvalue weighted by molar-refractivity contribution is -0.148. The van der Waals surface area contributed by atoms with E-state index in [1.165, 1.54) is 7.11 Å². The predicted octanol–water partition coefficient (Wildman–Crippen LogP) is 2.77. The molecule has 4 nitrogen and oxygen atoms in total. The van der Waals surface area contributed by atoms with Crippen molar-refractivity contribution in [1.29, 1.82) is 0 Å². The number of carbonyl (C=O) groups excluding carboxylic acids is 1. The molecule has 21 heavy (non-hydrogen) atoms. The van der Waals surface area contributed by atoms with Gasteiger partial charge in [-0.3, -0.25) is 5.32 Å². The fourth-order valence-corrected chi connectivity index (χ4v) is 3.03. The molecule has 1 atom stereocenters. The zero-order chi connectivity index (χ0) is 15.9. The molecule has 118 valence electrons. The van der Waals surface area contributed by atoms with Crippen molar-refractivity contribution in [2.45, 2.75) is 26.3 Å². The third kappa shape index (κ3) is 4.53. The van der Waals surface area contributed by atoms with Crippen LogP contribution in [0, 0.1) is 0 Å². The van der Waals surface area contributed by atoms with Crippen molar-refractivity contribution in [2.75, 3.05) is 33.3 Å². The lowest BCUT2D eigenvalue weighted by Crippen LogP contribution is -2.50. The molecule has 1 N–H and O–H groups in total. The molecular formula is C16H25BrN2O2. The molecule has 0 bridgehead atoms. The van der Waals surface area contributed by atoms with Crippen LogP contribution in [0.5, 0.6) is 0 Å². The van der Waals surface area contributed by atoms with Gasteiger partial charge in [0, 0.05) is 17.6 Å². The number of benzene rings is 1. The predicted molar refractivity (Wildman–Crippen MR) is 89.3 cm³/mol. The van der Waals surface area contributed by atoms with Crippen LogP contribution in [0.4, 0.5) is 0 Å². The standard InChI is InChI=1S/C16H25BrN2O2/c1-5-19(6-2)12-11-18-16(3,15(20)21-4)13-9-7-8-10-14(13)17/h7-10,18H,5-6,11-12H2,1-4H3. The SMILES string of the molecule is CCN(CC)CCNC(C)(C(=O)OC)c1ccccc1Br. The zero-order valence-electron chi connectivity index (χ0n) is 13.3. The quantitative estimate of drug-likeness (QED) is 0.727. The number of hydrogen-bond acceptors (Lipinski definition) is 4. The Bertz CT molecular complexity index is 463. The number of hydrogen-bond donors (Lipinski definition) is 1. The fourth-order valence-electron chi connectivity index (χ4n) is 2.35. The Balaban J connectivity index is 2.90. The van der Waals surface area contributed by atoms with E-state index in [1.807, 2.05) is 31.2 Å². The highest BCUT2D eigenvalue weighted by Gasteiger charge is 2.37. The van der Waals surface area contributed by atoms with E-state index in [0.29, 0.717) is 6.54 Å². The molecule has 1 aromatic rings. The smallest absolute Gasteiger partial charge is 0.330 e. The van der Waals surface area contributed by atoms with Crippen LogP contribution in [0.2, 0.25) is 0 Å². The molecule has 0 heterocycles. The molecule has 0 amide bonds. The second kappa shape index (κ2) is 8.51. The van der Waals surface area contributed by atoms with Gasteiger partial charge in [-0.25, -0.2) is 4.79 Å². The number of nitrogens with zero attached hydrogens (tertiary/aromatic N) is 1. The first kappa shape index (κ1) is 18.1. The third-order valence-electron chi connectivity index (χ3n) is 3.81. The van der Waals surface area contributed by atoms with Crippen LogP contribution in [0.25, 0.3) is 0 Å². The molecule has 0 radical (unpaired) electrons. The van der Waals surface area contributed by atoms with Gasteiger partial charge in [0.05, 0.1) is 7.11 Å². The van der Waals surface area contributed by atoms with E-state index < -0.39 is 5.54 Å². The van der Waals surface area contributed by atoms with Crippen LogP contribution < -0.4 is 5.32 Å². The van der Waals surface area contributed by atoms with Crippen molar-refractivity contribution in [3.63, 3.8) is 0 Å². The molecule has 0 saturated carbocycles. The largest absolute Gasteiger partial charge is 0.467 e. The molecule has 1 aromatic carbocycles. The summed E-state index contributed by atoms with van der Waals surface area (Å²) in [5, 5.41) is 3.36. The highest BCUT2D eigenvalue weighted by molar-refractivity contribution is 9.10. The highest BCUT2D eigenvalue weighted by atomic mass is 79.9. The van der Waals surface area contributed by atoms with E-state index in [-0.39, 0.29) is 5.97 Å². The van der Waals surface area contributed by atoms with Crippen molar-refractivity contribution in [3.8, 4) is 0 Å². The maximum atomic E-state index is 12.3. The Morgan fingerprint density at radius 2 is 1.95 bits per heavy atom. The van der Waals surface area contributed by atoms with Crippen LogP contribution >= 0.6 is 15.9 Å². The summed E-state index contributed by atoms with van der Waals surface area (Å²) >= 11 is 3.52. The Morgan fingerprint density at radius 1 is 1.33 bits per heavy atom. The minimum absolute atomic E-state index is 0.283. The number of esters is 1. The first-order chi connectivity index (χ1) is 9.99. The lowest BCUT2D eigenvalue weighted by atomic mass is 9.92. The molecule has 0 saturated heterocycles. The number of methoxy groups -OCH3 is 1. The molecule has 0 aliphatic rings. The van der Waals surface area contributed by atoms with Gasteiger partial charge in [-0.15, -0.1) is 0 Å². The monoisotopic (exact) mass is 356 g/mol. The molecule has 0 aliphatic carbocycles. The van der Waals surface area contributed by atoms with Crippen molar-refractivity contribution in [1.82, 2.24) is 10.2 Å². The molecule has 0 fully saturated rings. The highest BCUT2D eigenvalue weighted by Crippen LogP contribution is 2.29. The molecule has 0 spiro atoms. The Hall–Kier alpha value is -0.910. The maximum Gasteiger partial charge on any atom is 0.330 e. The van der Waals surface area contributed by atoms with Crippen LogP contribution in [-0.2, 0) is 15.1 Å². The van der Waals surface area contributed by atoms with Gasteiger partial charge in [-0.1, -0.05) is 48.0 Å². The van der Waals surface area contributed by atoms with Crippen LogP contribution in [-0.4, -0.2) is 44.2 Å². The Kier molecular flexibility index (Phi) is 7.35. The van der Waals surface area contributed by atoms with Gasteiger partial charge in [-0.05, 0) is 31.6 Å². The first-order valence-corrected chi connectivity index (χ1v) is 8.09. The van der Waals surface area contributed by atoms with Gasteiger partial charge in [0.1, 0.15) is 5.54 Å². The summed E-state index contributed by atoms with van der Waals surface area (Å²) < 4.78 is 5.90. The lowest BCUT2D eigenvalue weighted by Gasteiger charge is -2.30. The Labute approximate surface area is 136 Å².